The first-order valence-electron chi connectivity index (χ1n) is 3.19. The summed E-state index contributed by atoms with van der Waals surface area (Å²) in [5, 5.41) is 14.8. The Morgan fingerprint density at radius 3 is 2.08 bits per heavy atom. The molecule has 70 valence electrons. The van der Waals surface area contributed by atoms with E-state index < -0.39 is 30.2 Å². The minimum Gasteiger partial charge on any atom is -0.477 e. The number of rotatable bonds is 3. The molecule has 0 amide bonds. The molecular formula is C6H8F3NO2. The first kappa shape index (κ1) is 10.9. The Labute approximate surface area is 66.7 Å². The van der Waals surface area contributed by atoms with E-state index in [9.17, 15) is 18.0 Å². The molecule has 12 heavy (non-hydrogen) atoms. The molecule has 0 saturated carbocycles. The largest absolute Gasteiger partial charge is 0.477 e. The Morgan fingerprint density at radius 2 is 2.00 bits per heavy atom. The van der Waals surface area contributed by atoms with Gasteiger partial charge in [0.25, 0.3) is 0 Å². The third kappa shape index (κ3) is 2.52. The molecule has 0 spiro atoms. The van der Waals surface area contributed by atoms with E-state index in [0.717, 1.165) is 0 Å². The van der Waals surface area contributed by atoms with E-state index in [-0.39, 0.29) is 0 Å². The number of aliphatic carboxylic acids is 1. The van der Waals surface area contributed by atoms with Gasteiger partial charge in [-0.15, -0.1) is 0 Å². The lowest BCUT2D eigenvalue weighted by molar-refractivity contribution is -0.159. The fourth-order valence-electron chi connectivity index (χ4n) is 0.748. The van der Waals surface area contributed by atoms with Crippen LogP contribution >= 0.6 is 0 Å². The maximum absolute atomic E-state index is 11.9. The number of carboxylic acid groups (broad SMARTS) is 1. The number of nitrogens with one attached hydrogen (secondary N) is 1. The van der Waals surface area contributed by atoms with E-state index in [1.165, 1.54) is 6.92 Å². The van der Waals surface area contributed by atoms with Crippen LogP contribution in [0.1, 0.15) is 13.3 Å². The van der Waals surface area contributed by atoms with Crippen LogP contribution in [0.25, 0.3) is 0 Å². The Bertz CT molecular complexity index is 199. The number of halogens is 3. The summed E-state index contributed by atoms with van der Waals surface area (Å²) in [5.41, 5.74) is -1.30. The molecule has 0 bridgehead atoms. The van der Waals surface area contributed by atoms with Gasteiger partial charge in [0.2, 0.25) is 0 Å². The Hall–Kier alpha value is -1.07. The van der Waals surface area contributed by atoms with Crippen molar-refractivity contribution in [2.24, 2.45) is 5.92 Å². The van der Waals surface area contributed by atoms with Crippen LogP contribution in [0.5, 0.6) is 0 Å². The van der Waals surface area contributed by atoms with Crippen molar-refractivity contribution in [1.82, 2.24) is 0 Å². The van der Waals surface area contributed by atoms with Crippen LogP contribution in [-0.4, -0.2) is 23.0 Å². The molecule has 0 saturated heterocycles. The number of carboxylic acids is 1. The van der Waals surface area contributed by atoms with Crippen molar-refractivity contribution in [3.63, 3.8) is 0 Å². The summed E-state index contributed by atoms with van der Waals surface area (Å²) in [6.45, 7) is 1.19. The molecule has 0 aromatic rings. The van der Waals surface area contributed by atoms with E-state index in [4.69, 9.17) is 10.5 Å². The Balaban J connectivity index is 4.58. The van der Waals surface area contributed by atoms with Crippen LogP contribution in [-0.2, 0) is 4.79 Å². The highest BCUT2D eigenvalue weighted by molar-refractivity contribution is 6.35. The highest BCUT2D eigenvalue weighted by Crippen LogP contribution is 2.29. The molecule has 0 radical (unpaired) electrons. The topological polar surface area (TPSA) is 61.2 Å². The van der Waals surface area contributed by atoms with E-state index in [0.29, 0.717) is 0 Å². The molecule has 0 aromatic carbocycles. The summed E-state index contributed by atoms with van der Waals surface area (Å²) < 4.78 is 35.8. The maximum atomic E-state index is 11.9. The lowest BCUT2D eigenvalue weighted by Gasteiger charge is -2.16. The maximum Gasteiger partial charge on any atom is 0.397 e. The van der Waals surface area contributed by atoms with E-state index in [1.54, 1.807) is 0 Å². The van der Waals surface area contributed by atoms with Crippen LogP contribution < -0.4 is 0 Å². The second-order valence-electron chi connectivity index (χ2n) is 2.22. The van der Waals surface area contributed by atoms with Crippen LogP contribution in [0.4, 0.5) is 13.2 Å². The first-order valence-corrected chi connectivity index (χ1v) is 3.19. The molecule has 1 atom stereocenters. The molecule has 3 nitrogen and oxygen atoms in total. The fourth-order valence-corrected chi connectivity index (χ4v) is 0.748. The minimum atomic E-state index is -4.63. The molecule has 0 aliphatic heterocycles. The number of alkyl halides is 3. The average molecular weight is 183 g/mol. The van der Waals surface area contributed by atoms with Crippen molar-refractivity contribution in [2.75, 3.05) is 0 Å². The molecule has 0 aromatic heterocycles. The minimum absolute atomic E-state index is 0.422. The standard InChI is InChI=1S/C6H8F3NO2/c1-2-3(6(7,8)9)4(10)5(11)12/h3,10H,2H2,1H3,(H,11,12). The van der Waals surface area contributed by atoms with Gasteiger partial charge in [0.1, 0.15) is 11.6 Å². The molecule has 0 aliphatic carbocycles. The molecule has 0 fully saturated rings. The van der Waals surface area contributed by atoms with Gasteiger partial charge in [-0.1, -0.05) is 6.92 Å². The summed E-state index contributed by atoms with van der Waals surface area (Å²) in [5.74, 6) is -3.98. The second-order valence-corrected chi connectivity index (χ2v) is 2.22. The van der Waals surface area contributed by atoms with Gasteiger partial charge in [0.05, 0.1) is 0 Å². The predicted octanol–water partition coefficient (Wildman–Crippen LogP) is 1.68. The van der Waals surface area contributed by atoms with Crippen molar-refractivity contribution < 1.29 is 23.1 Å². The van der Waals surface area contributed by atoms with Crippen molar-refractivity contribution in [1.29, 1.82) is 5.41 Å². The number of hydrogen-bond acceptors (Lipinski definition) is 2. The van der Waals surface area contributed by atoms with Gasteiger partial charge in [0, 0.05) is 0 Å². The zero-order chi connectivity index (χ0) is 9.94. The lowest BCUT2D eigenvalue weighted by Crippen LogP contribution is -2.34. The van der Waals surface area contributed by atoms with Gasteiger partial charge in [0.15, 0.2) is 0 Å². The third-order valence-electron chi connectivity index (χ3n) is 1.38. The lowest BCUT2D eigenvalue weighted by atomic mass is 10.00. The van der Waals surface area contributed by atoms with E-state index in [1.807, 2.05) is 0 Å². The number of carbonyl (C=O) groups is 1. The van der Waals surface area contributed by atoms with Crippen molar-refractivity contribution >= 4 is 11.7 Å². The smallest absolute Gasteiger partial charge is 0.397 e. The van der Waals surface area contributed by atoms with Crippen LogP contribution in [0, 0.1) is 11.3 Å². The van der Waals surface area contributed by atoms with Crippen molar-refractivity contribution in [2.45, 2.75) is 19.5 Å². The average Bonchev–Trinajstić information content (AvgIpc) is 1.85. The van der Waals surface area contributed by atoms with Gasteiger partial charge in [-0.05, 0) is 6.42 Å². The normalized spacial score (nSPS) is 14.0. The summed E-state index contributed by atoms with van der Waals surface area (Å²) in [6, 6.07) is 0. The van der Waals surface area contributed by atoms with Crippen LogP contribution in [0.15, 0.2) is 0 Å². The summed E-state index contributed by atoms with van der Waals surface area (Å²) in [4.78, 5) is 10.0. The second kappa shape index (κ2) is 3.55. The predicted molar refractivity (Wildman–Crippen MR) is 35.2 cm³/mol. The summed E-state index contributed by atoms with van der Waals surface area (Å²) in [7, 11) is 0. The summed E-state index contributed by atoms with van der Waals surface area (Å²) >= 11 is 0. The molecule has 1 unspecified atom stereocenters. The van der Waals surface area contributed by atoms with Gasteiger partial charge >= 0.3 is 12.1 Å². The quantitative estimate of drug-likeness (QED) is 0.654. The van der Waals surface area contributed by atoms with E-state index >= 15 is 0 Å². The Kier molecular flexibility index (Phi) is 3.24. The number of hydrogen-bond donors (Lipinski definition) is 2. The molecule has 0 rings (SSSR count). The zero-order valence-corrected chi connectivity index (χ0v) is 6.27. The highest BCUT2D eigenvalue weighted by Gasteiger charge is 2.43. The molecular weight excluding hydrogens is 175 g/mol. The van der Waals surface area contributed by atoms with Gasteiger partial charge in [-0.3, -0.25) is 5.41 Å². The first-order chi connectivity index (χ1) is 5.30. The molecule has 2 N–H and O–H groups in total. The highest BCUT2D eigenvalue weighted by atomic mass is 19.4. The summed E-state index contributed by atoms with van der Waals surface area (Å²) in [6.07, 6.45) is -5.06. The van der Waals surface area contributed by atoms with E-state index in [2.05, 4.69) is 0 Å². The van der Waals surface area contributed by atoms with Gasteiger partial charge < -0.3 is 5.11 Å². The van der Waals surface area contributed by atoms with Gasteiger partial charge in [-0.2, -0.15) is 13.2 Å². The van der Waals surface area contributed by atoms with Crippen LogP contribution in [0.3, 0.4) is 0 Å². The SMILES string of the molecule is CCC(C(=N)C(=O)O)C(F)(F)F. The fraction of sp³-hybridized carbons (Fsp3) is 0.667. The molecule has 6 heteroatoms. The zero-order valence-electron chi connectivity index (χ0n) is 6.27. The van der Waals surface area contributed by atoms with Crippen molar-refractivity contribution in [3.05, 3.63) is 0 Å². The Morgan fingerprint density at radius 1 is 1.58 bits per heavy atom. The molecule has 0 aliphatic rings. The molecule has 0 heterocycles. The van der Waals surface area contributed by atoms with Crippen molar-refractivity contribution in [3.8, 4) is 0 Å². The van der Waals surface area contributed by atoms with Gasteiger partial charge in [-0.25, -0.2) is 4.79 Å². The third-order valence-corrected chi connectivity index (χ3v) is 1.38. The monoisotopic (exact) mass is 183 g/mol. The van der Waals surface area contributed by atoms with Crippen LogP contribution in [0.2, 0.25) is 0 Å².